The molecule has 0 unspecified atom stereocenters. The minimum Gasteiger partial charge on any atom is -0.497 e. The molecule has 0 atom stereocenters. The Kier molecular flexibility index (Phi) is 4.88. The van der Waals surface area contributed by atoms with Crippen LogP contribution >= 0.6 is 11.3 Å². The minimum absolute atomic E-state index is 0.741. The summed E-state index contributed by atoms with van der Waals surface area (Å²) < 4.78 is 13.0. The van der Waals surface area contributed by atoms with E-state index >= 15 is 0 Å². The van der Waals surface area contributed by atoms with Crippen LogP contribution in [0, 0.1) is 6.92 Å². The van der Waals surface area contributed by atoms with Crippen molar-refractivity contribution in [1.82, 2.24) is 14.5 Å². The Bertz CT molecular complexity index is 1150. The maximum absolute atomic E-state index is 5.42. The number of aryl methyl sites for hydroxylation is 2. The highest BCUT2D eigenvalue weighted by Crippen LogP contribution is 2.32. The number of rotatable bonds is 5. The summed E-state index contributed by atoms with van der Waals surface area (Å²) in [6, 6.07) is 13.9. The first-order valence-electron chi connectivity index (χ1n) is 8.88. The molecule has 2 heterocycles. The highest BCUT2D eigenvalue weighted by Gasteiger charge is 2.17. The molecule has 4 aromatic rings. The molecular formula is C22H21N3O2S. The molecule has 0 fully saturated rings. The average molecular weight is 391 g/mol. The van der Waals surface area contributed by atoms with Gasteiger partial charge in [-0.15, -0.1) is 11.3 Å². The number of fused-ring (bicyclic) bond motifs is 1. The van der Waals surface area contributed by atoms with Gasteiger partial charge in [0.05, 0.1) is 30.8 Å². The molecule has 0 N–H and O–H groups in total. The van der Waals surface area contributed by atoms with Crippen molar-refractivity contribution in [3.63, 3.8) is 0 Å². The van der Waals surface area contributed by atoms with Gasteiger partial charge in [-0.1, -0.05) is 12.1 Å². The van der Waals surface area contributed by atoms with Crippen molar-refractivity contribution in [2.75, 3.05) is 14.2 Å². The fourth-order valence-corrected chi connectivity index (χ4v) is 3.97. The molecule has 0 saturated carbocycles. The SMILES string of the molecule is COc1cc(C=C(c2nc(C)cs2)c2nc3ccccc3n2C)cc(OC)c1. The molecule has 6 heteroatoms. The van der Waals surface area contributed by atoms with Gasteiger partial charge < -0.3 is 14.0 Å². The molecular weight excluding hydrogens is 370 g/mol. The predicted octanol–water partition coefficient (Wildman–Crippen LogP) is 4.94. The zero-order chi connectivity index (χ0) is 19.7. The van der Waals surface area contributed by atoms with Crippen LogP contribution in [0.1, 0.15) is 22.1 Å². The number of benzene rings is 2. The van der Waals surface area contributed by atoms with Crippen LogP contribution in [-0.4, -0.2) is 28.8 Å². The van der Waals surface area contributed by atoms with E-state index in [0.29, 0.717) is 0 Å². The van der Waals surface area contributed by atoms with Gasteiger partial charge in [-0.2, -0.15) is 0 Å². The predicted molar refractivity (Wildman–Crippen MR) is 114 cm³/mol. The van der Waals surface area contributed by atoms with E-state index in [1.54, 1.807) is 25.6 Å². The Labute approximate surface area is 167 Å². The normalized spacial score (nSPS) is 11.8. The molecule has 0 saturated heterocycles. The van der Waals surface area contributed by atoms with E-state index in [9.17, 15) is 0 Å². The van der Waals surface area contributed by atoms with Crippen LogP contribution in [0.15, 0.2) is 47.8 Å². The fraction of sp³-hybridized carbons (Fsp3) is 0.182. The van der Waals surface area contributed by atoms with Crippen molar-refractivity contribution in [1.29, 1.82) is 0 Å². The van der Waals surface area contributed by atoms with Crippen LogP contribution in [0.4, 0.5) is 0 Å². The Balaban J connectivity index is 1.94. The van der Waals surface area contributed by atoms with E-state index in [2.05, 4.69) is 22.1 Å². The monoisotopic (exact) mass is 391 g/mol. The van der Waals surface area contributed by atoms with E-state index in [-0.39, 0.29) is 0 Å². The summed E-state index contributed by atoms with van der Waals surface area (Å²) in [6.45, 7) is 2.00. The highest BCUT2D eigenvalue weighted by atomic mass is 32.1. The van der Waals surface area contributed by atoms with E-state index in [1.165, 1.54) is 0 Å². The zero-order valence-electron chi connectivity index (χ0n) is 16.3. The van der Waals surface area contributed by atoms with Gasteiger partial charge in [-0.05, 0) is 42.8 Å². The number of imidazole rings is 1. The second kappa shape index (κ2) is 7.48. The first-order valence-corrected chi connectivity index (χ1v) is 9.76. The standard InChI is InChI=1S/C22H21N3O2S/c1-14-13-28-22(23-14)18(11-15-9-16(26-3)12-17(10-15)27-4)21-24-19-7-5-6-8-20(19)25(21)2/h5-13H,1-4H3. The molecule has 0 bridgehead atoms. The molecule has 2 aromatic carbocycles. The van der Waals surface area contributed by atoms with Crippen LogP contribution in [-0.2, 0) is 7.05 Å². The number of ether oxygens (including phenoxy) is 2. The maximum atomic E-state index is 5.42. The molecule has 0 radical (unpaired) electrons. The van der Waals surface area contributed by atoms with E-state index < -0.39 is 0 Å². The van der Waals surface area contributed by atoms with E-state index in [4.69, 9.17) is 19.4 Å². The van der Waals surface area contributed by atoms with Crippen molar-refractivity contribution < 1.29 is 9.47 Å². The molecule has 0 aliphatic heterocycles. The van der Waals surface area contributed by atoms with Gasteiger partial charge in [0.1, 0.15) is 22.3 Å². The lowest BCUT2D eigenvalue weighted by Crippen LogP contribution is -1.99. The Hall–Kier alpha value is -3.12. The largest absolute Gasteiger partial charge is 0.497 e. The second-order valence-corrected chi connectivity index (χ2v) is 7.34. The molecule has 28 heavy (non-hydrogen) atoms. The molecule has 4 rings (SSSR count). The third-order valence-corrected chi connectivity index (χ3v) is 5.56. The Morgan fingerprint density at radius 3 is 2.36 bits per heavy atom. The van der Waals surface area contributed by atoms with Crippen LogP contribution in [0.25, 0.3) is 22.7 Å². The van der Waals surface area contributed by atoms with E-state index in [1.807, 2.05) is 50.4 Å². The molecule has 142 valence electrons. The smallest absolute Gasteiger partial charge is 0.143 e. The van der Waals surface area contributed by atoms with Crippen molar-refractivity contribution in [3.05, 3.63) is 69.9 Å². The number of methoxy groups -OCH3 is 2. The number of hydrogen-bond donors (Lipinski definition) is 0. The molecule has 0 aliphatic carbocycles. The maximum Gasteiger partial charge on any atom is 0.143 e. The number of thiazole rings is 1. The second-order valence-electron chi connectivity index (χ2n) is 6.48. The minimum atomic E-state index is 0.741. The summed E-state index contributed by atoms with van der Waals surface area (Å²) in [5.74, 6) is 2.35. The zero-order valence-corrected chi connectivity index (χ0v) is 17.1. The third-order valence-electron chi connectivity index (χ3n) is 4.56. The first-order chi connectivity index (χ1) is 13.6. The van der Waals surface area contributed by atoms with Crippen molar-refractivity contribution in [2.45, 2.75) is 6.92 Å². The summed E-state index contributed by atoms with van der Waals surface area (Å²) in [4.78, 5) is 9.59. The van der Waals surface area contributed by atoms with Crippen LogP contribution in [0.5, 0.6) is 11.5 Å². The number of nitrogens with zero attached hydrogens (tertiary/aromatic N) is 3. The summed E-state index contributed by atoms with van der Waals surface area (Å²) in [5.41, 5.74) is 4.97. The van der Waals surface area contributed by atoms with Gasteiger partial charge in [-0.3, -0.25) is 0 Å². The summed E-state index contributed by atoms with van der Waals surface area (Å²) in [6.07, 6.45) is 2.09. The quantitative estimate of drug-likeness (QED) is 0.483. The summed E-state index contributed by atoms with van der Waals surface area (Å²) in [5, 5.41) is 2.98. The molecule has 0 aliphatic rings. The summed E-state index contributed by atoms with van der Waals surface area (Å²) in [7, 11) is 5.34. The highest BCUT2D eigenvalue weighted by molar-refractivity contribution is 7.11. The van der Waals surface area contributed by atoms with Crippen molar-refractivity contribution in [3.8, 4) is 11.5 Å². The topological polar surface area (TPSA) is 49.2 Å². The van der Waals surface area contributed by atoms with Crippen LogP contribution in [0.2, 0.25) is 0 Å². The van der Waals surface area contributed by atoms with E-state index in [0.717, 1.165) is 50.2 Å². The average Bonchev–Trinajstić information content (AvgIpc) is 3.29. The van der Waals surface area contributed by atoms with Gasteiger partial charge >= 0.3 is 0 Å². The molecule has 0 amide bonds. The third kappa shape index (κ3) is 3.39. The van der Waals surface area contributed by atoms with Crippen molar-refractivity contribution >= 4 is 34.0 Å². The number of para-hydroxylation sites is 2. The van der Waals surface area contributed by atoms with Gasteiger partial charge in [0.15, 0.2) is 0 Å². The molecule has 5 nitrogen and oxygen atoms in total. The lowest BCUT2D eigenvalue weighted by molar-refractivity contribution is 0.394. The Morgan fingerprint density at radius 1 is 1.04 bits per heavy atom. The van der Waals surface area contributed by atoms with Gasteiger partial charge in [0.2, 0.25) is 0 Å². The lowest BCUT2D eigenvalue weighted by atomic mass is 10.1. The molecule has 0 spiro atoms. The van der Waals surface area contributed by atoms with Crippen molar-refractivity contribution in [2.24, 2.45) is 7.05 Å². The van der Waals surface area contributed by atoms with Crippen LogP contribution < -0.4 is 9.47 Å². The van der Waals surface area contributed by atoms with Gasteiger partial charge in [0, 0.05) is 24.2 Å². The Morgan fingerprint density at radius 2 is 1.75 bits per heavy atom. The van der Waals surface area contributed by atoms with Gasteiger partial charge in [0.25, 0.3) is 0 Å². The van der Waals surface area contributed by atoms with Gasteiger partial charge in [-0.25, -0.2) is 9.97 Å². The number of hydrogen-bond acceptors (Lipinski definition) is 5. The summed E-state index contributed by atoms with van der Waals surface area (Å²) >= 11 is 1.62. The molecule has 2 aromatic heterocycles. The first kappa shape index (κ1) is 18.3. The van der Waals surface area contributed by atoms with Crippen LogP contribution in [0.3, 0.4) is 0 Å². The number of aromatic nitrogens is 3. The fourth-order valence-electron chi connectivity index (χ4n) is 3.17. The lowest BCUT2D eigenvalue weighted by Gasteiger charge is -2.09.